The van der Waals surface area contributed by atoms with Gasteiger partial charge in [-0.1, -0.05) is 4.57 Å². The first-order valence-electron chi connectivity index (χ1n) is 3.89. The predicted molar refractivity (Wildman–Crippen MR) is 55.0 cm³/mol. The van der Waals surface area contributed by atoms with Gasteiger partial charge in [0, 0.05) is 17.7 Å². The molecule has 0 N–H and O–H groups in total. The Morgan fingerprint density at radius 3 is 2.29 bits per heavy atom. The topological polar surface area (TPSA) is 60.2 Å². The van der Waals surface area contributed by atoms with Crippen molar-refractivity contribution in [2.75, 3.05) is 0 Å². The van der Waals surface area contributed by atoms with Crippen LogP contribution in [0.3, 0.4) is 0 Å². The molecule has 0 amide bonds. The zero-order chi connectivity index (χ0) is 10.7. The third-order valence-electron chi connectivity index (χ3n) is 1.89. The normalized spacial score (nSPS) is 13.4. The van der Waals surface area contributed by atoms with Crippen molar-refractivity contribution in [2.24, 2.45) is 0 Å². The van der Waals surface area contributed by atoms with Crippen molar-refractivity contribution >= 4 is 24.1 Å². The third kappa shape index (κ3) is 2.50. The number of hydrogen-bond acceptors (Lipinski definition) is 3. The van der Waals surface area contributed by atoms with Crippen LogP contribution in [-0.4, -0.2) is 4.92 Å². The molecule has 1 aromatic carbocycles. The van der Waals surface area contributed by atoms with E-state index in [2.05, 4.69) is 0 Å². The smallest absolute Gasteiger partial charge is 0.258 e. The van der Waals surface area contributed by atoms with Gasteiger partial charge in [0.05, 0.1) is 4.92 Å². The lowest BCUT2D eigenvalue weighted by molar-refractivity contribution is -0.384. The van der Waals surface area contributed by atoms with Crippen LogP contribution in [0.15, 0.2) is 24.3 Å². The number of nitro benzene ring substituents is 1. The van der Waals surface area contributed by atoms with Crippen molar-refractivity contribution in [1.29, 1.82) is 0 Å². The van der Waals surface area contributed by atoms with E-state index in [0.29, 0.717) is 0 Å². The van der Waals surface area contributed by atoms with Gasteiger partial charge in [-0.3, -0.25) is 10.1 Å². The summed E-state index contributed by atoms with van der Waals surface area (Å²) in [7, 11) is -1.81. The van der Waals surface area contributed by atoms with E-state index in [-0.39, 0.29) is 11.3 Å². The second-order valence-corrected chi connectivity index (χ2v) is 5.11. The second kappa shape index (κ2) is 4.49. The van der Waals surface area contributed by atoms with Crippen LogP contribution in [0.2, 0.25) is 0 Å². The average molecular weight is 233 g/mol. The van der Waals surface area contributed by atoms with Gasteiger partial charge in [-0.05, 0) is 19.1 Å². The summed E-state index contributed by atoms with van der Waals surface area (Å²) in [5.41, 5.74) is 0.477. The molecule has 0 aliphatic heterocycles. The van der Waals surface area contributed by atoms with E-state index in [1.54, 1.807) is 19.1 Å². The van der Waals surface area contributed by atoms with E-state index in [1.165, 1.54) is 12.1 Å². The molecular weight excluding hydrogens is 225 g/mol. The van der Waals surface area contributed by atoms with Gasteiger partial charge in [0.15, 0.2) is 5.66 Å². The molecule has 4 nitrogen and oxygen atoms in total. The number of non-ortho nitro benzene ring substituents is 1. The Kier molecular flexibility index (Phi) is 3.55. The van der Waals surface area contributed by atoms with E-state index < -0.39 is 12.1 Å². The van der Waals surface area contributed by atoms with Crippen LogP contribution in [0.4, 0.5) is 5.69 Å². The fourth-order valence-electron chi connectivity index (χ4n) is 0.992. The van der Waals surface area contributed by atoms with Crippen molar-refractivity contribution in [1.82, 2.24) is 0 Å². The maximum Gasteiger partial charge on any atom is 0.462 e. The highest BCUT2D eigenvalue weighted by molar-refractivity contribution is 7.74. The van der Waals surface area contributed by atoms with Gasteiger partial charge < -0.3 is 0 Å². The summed E-state index contributed by atoms with van der Waals surface area (Å²) in [6, 6.07) is 5.89. The van der Waals surface area contributed by atoms with E-state index in [0.717, 1.165) is 5.56 Å². The first kappa shape index (κ1) is 11.1. The van der Waals surface area contributed by atoms with Crippen LogP contribution in [0, 0.1) is 10.1 Å². The molecule has 0 saturated heterocycles. The van der Waals surface area contributed by atoms with Gasteiger partial charge in [-0.25, -0.2) is 0 Å². The SMILES string of the molecule is CC(c1ccc([N+](=O)[O-])cc1)[P+](=O)Cl. The van der Waals surface area contributed by atoms with Crippen LogP contribution in [0.5, 0.6) is 0 Å². The molecule has 0 aromatic heterocycles. The maximum atomic E-state index is 10.9. The van der Waals surface area contributed by atoms with E-state index in [9.17, 15) is 14.7 Å². The molecule has 14 heavy (non-hydrogen) atoms. The highest BCUT2D eigenvalue weighted by Gasteiger charge is 2.25. The first-order chi connectivity index (χ1) is 6.52. The molecule has 0 radical (unpaired) electrons. The minimum Gasteiger partial charge on any atom is -0.258 e. The van der Waals surface area contributed by atoms with Gasteiger partial charge in [-0.2, -0.15) is 0 Å². The van der Waals surface area contributed by atoms with Crippen LogP contribution >= 0.6 is 18.4 Å². The summed E-state index contributed by atoms with van der Waals surface area (Å²) in [5.74, 6) is 0. The summed E-state index contributed by atoms with van der Waals surface area (Å²) in [5, 5.41) is 10.3. The Balaban J connectivity index is 2.94. The lowest BCUT2D eigenvalue weighted by Crippen LogP contribution is -1.90. The summed E-state index contributed by atoms with van der Waals surface area (Å²) in [6.45, 7) is 1.72. The highest BCUT2D eigenvalue weighted by Crippen LogP contribution is 2.44. The van der Waals surface area contributed by atoms with Gasteiger partial charge in [-0.15, -0.1) is 0 Å². The molecule has 2 atom stereocenters. The van der Waals surface area contributed by atoms with Crippen LogP contribution in [0.1, 0.15) is 18.1 Å². The molecule has 0 aliphatic carbocycles. The maximum absolute atomic E-state index is 10.9. The molecule has 1 rings (SSSR count). The van der Waals surface area contributed by atoms with Crippen molar-refractivity contribution in [3.05, 3.63) is 39.9 Å². The molecule has 0 spiro atoms. The Labute approximate surface area is 86.6 Å². The molecule has 0 fully saturated rings. The molecule has 6 heteroatoms. The predicted octanol–water partition coefficient (Wildman–Crippen LogP) is 3.64. The molecule has 74 valence electrons. The average Bonchev–Trinajstić information content (AvgIpc) is 2.16. The zero-order valence-electron chi connectivity index (χ0n) is 7.38. The molecule has 0 bridgehead atoms. The summed E-state index contributed by atoms with van der Waals surface area (Å²) in [6.07, 6.45) is 0. The van der Waals surface area contributed by atoms with Crippen molar-refractivity contribution < 1.29 is 9.49 Å². The fraction of sp³-hybridized carbons (Fsp3) is 0.250. The lowest BCUT2D eigenvalue weighted by atomic mass is 10.1. The molecule has 0 saturated carbocycles. The molecule has 2 unspecified atom stereocenters. The Morgan fingerprint density at radius 1 is 1.43 bits per heavy atom. The van der Waals surface area contributed by atoms with Crippen molar-refractivity contribution in [3.8, 4) is 0 Å². The standard InChI is InChI=1S/C8H8ClNO3P/c1-6(14(9)13)7-2-4-8(5-3-7)10(11)12/h2-6H,1H3/q+1. The van der Waals surface area contributed by atoms with Crippen LogP contribution < -0.4 is 0 Å². The molecule has 1 aromatic rings. The number of halogens is 1. The monoisotopic (exact) mass is 232 g/mol. The molecule has 0 heterocycles. The van der Waals surface area contributed by atoms with Gasteiger partial charge in [0.25, 0.3) is 5.69 Å². The highest BCUT2D eigenvalue weighted by atomic mass is 35.7. The Hall–Kier alpha value is -0.990. The molecule has 0 aliphatic rings. The third-order valence-corrected chi connectivity index (χ3v) is 3.68. The second-order valence-electron chi connectivity index (χ2n) is 2.80. The minimum absolute atomic E-state index is 0.0192. The number of benzene rings is 1. The van der Waals surface area contributed by atoms with Crippen LogP contribution in [0.25, 0.3) is 0 Å². The lowest BCUT2D eigenvalue weighted by Gasteiger charge is -1.97. The number of nitrogens with zero attached hydrogens (tertiary/aromatic N) is 1. The Bertz CT molecular complexity index is 365. The Morgan fingerprint density at radius 2 is 1.93 bits per heavy atom. The van der Waals surface area contributed by atoms with E-state index >= 15 is 0 Å². The molecular formula is C8H8ClNO3P+. The van der Waals surface area contributed by atoms with Crippen LogP contribution in [-0.2, 0) is 4.57 Å². The first-order valence-corrected chi connectivity index (χ1v) is 6.12. The van der Waals surface area contributed by atoms with E-state index in [1.807, 2.05) is 0 Å². The van der Waals surface area contributed by atoms with Crippen molar-refractivity contribution in [3.63, 3.8) is 0 Å². The van der Waals surface area contributed by atoms with E-state index in [4.69, 9.17) is 11.2 Å². The summed E-state index contributed by atoms with van der Waals surface area (Å²) < 4.78 is 10.9. The van der Waals surface area contributed by atoms with Gasteiger partial charge in [0.2, 0.25) is 11.2 Å². The number of hydrogen-bond donors (Lipinski definition) is 0. The summed E-state index contributed by atoms with van der Waals surface area (Å²) in [4.78, 5) is 9.86. The van der Waals surface area contributed by atoms with Gasteiger partial charge in [0.1, 0.15) is 0 Å². The summed E-state index contributed by atoms with van der Waals surface area (Å²) >= 11 is 5.44. The number of rotatable bonds is 3. The fourth-order valence-corrected chi connectivity index (χ4v) is 1.74. The largest absolute Gasteiger partial charge is 0.462 e. The minimum atomic E-state index is -1.81. The van der Waals surface area contributed by atoms with Crippen molar-refractivity contribution in [2.45, 2.75) is 12.6 Å². The van der Waals surface area contributed by atoms with Gasteiger partial charge >= 0.3 is 7.15 Å². The quantitative estimate of drug-likeness (QED) is 0.454. The number of nitro groups is 1. The zero-order valence-corrected chi connectivity index (χ0v) is 9.03.